The number of aromatic nitrogens is 3. The second-order valence-electron chi connectivity index (χ2n) is 5.94. The lowest BCUT2D eigenvalue weighted by Gasteiger charge is -2.18. The number of fused-ring (bicyclic) bond motifs is 1. The van der Waals surface area contributed by atoms with Gasteiger partial charge in [0.25, 0.3) is 5.56 Å². The summed E-state index contributed by atoms with van der Waals surface area (Å²) in [6, 6.07) is 5.74. The summed E-state index contributed by atoms with van der Waals surface area (Å²) in [7, 11) is 0. The fourth-order valence-corrected chi connectivity index (χ4v) is 3.09. The molecule has 122 valence electrons. The van der Waals surface area contributed by atoms with Gasteiger partial charge in [-0.1, -0.05) is 11.6 Å². The molecule has 0 spiro atoms. The van der Waals surface area contributed by atoms with Crippen molar-refractivity contribution in [2.75, 3.05) is 0 Å². The lowest BCUT2D eigenvalue weighted by molar-refractivity contribution is 0.573. The number of rotatable bonds is 3. The number of hydrogen-bond donors (Lipinski definition) is 1. The molecule has 7 heteroatoms. The molecule has 5 nitrogen and oxygen atoms in total. The van der Waals surface area contributed by atoms with Crippen molar-refractivity contribution in [2.24, 2.45) is 11.7 Å². The molecule has 2 heterocycles. The quantitative estimate of drug-likeness (QED) is 0.792. The molecule has 0 aliphatic heterocycles. The van der Waals surface area contributed by atoms with E-state index in [0.717, 1.165) is 12.8 Å². The van der Waals surface area contributed by atoms with Crippen LogP contribution in [0.1, 0.15) is 24.7 Å². The van der Waals surface area contributed by atoms with Crippen LogP contribution in [-0.4, -0.2) is 14.5 Å². The van der Waals surface area contributed by atoms with Gasteiger partial charge in [-0.25, -0.2) is 9.37 Å². The molecule has 2 aromatic heterocycles. The molecule has 0 amide bonds. The fraction of sp³-hybridized carbons (Fsp3) is 0.235. The second-order valence-corrected chi connectivity index (χ2v) is 6.32. The first-order valence-electron chi connectivity index (χ1n) is 7.64. The zero-order valence-corrected chi connectivity index (χ0v) is 13.4. The van der Waals surface area contributed by atoms with E-state index in [-0.39, 0.29) is 16.5 Å². The van der Waals surface area contributed by atoms with Crippen molar-refractivity contribution in [1.82, 2.24) is 14.5 Å². The van der Waals surface area contributed by atoms with Crippen LogP contribution < -0.4 is 11.3 Å². The van der Waals surface area contributed by atoms with Gasteiger partial charge < -0.3 is 5.73 Å². The summed E-state index contributed by atoms with van der Waals surface area (Å²) in [6.45, 7) is 0. The molecule has 0 radical (unpaired) electrons. The Morgan fingerprint density at radius 1 is 1.33 bits per heavy atom. The van der Waals surface area contributed by atoms with E-state index in [9.17, 15) is 9.18 Å². The van der Waals surface area contributed by atoms with Crippen LogP contribution >= 0.6 is 11.6 Å². The van der Waals surface area contributed by atoms with E-state index in [2.05, 4.69) is 9.97 Å². The van der Waals surface area contributed by atoms with Gasteiger partial charge in [-0.3, -0.25) is 14.3 Å². The third-order valence-corrected chi connectivity index (χ3v) is 4.66. The smallest absolute Gasteiger partial charge is 0.267 e. The summed E-state index contributed by atoms with van der Waals surface area (Å²) in [5.41, 5.74) is 6.75. The van der Waals surface area contributed by atoms with Gasteiger partial charge in [0.05, 0.1) is 33.9 Å². The Bertz CT molecular complexity index is 985. The molecule has 1 aromatic carbocycles. The molecule has 0 bridgehead atoms. The van der Waals surface area contributed by atoms with Crippen LogP contribution in [-0.2, 0) is 0 Å². The average molecular weight is 345 g/mol. The minimum atomic E-state index is -0.653. The Kier molecular flexibility index (Phi) is 3.58. The molecular weight excluding hydrogens is 331 g/mol. The molecule has 24 heavy (non-hydrogen) atoms. The predicted molar refractivity (Wildman–Crippen MR) is 89.8 cm³/mol. The van der Waals surface area contributed by atoms with Crippen LogP contribution in [0.15, 0.2) is 41.5 Å². The second kappa shape index (κ2) is 5.65. The van der Waals surface area contributed by atoms with Crippen LogP contribution in [0.2, 0.25) is 5.02 Å². The SMILES string of the molecule is N[C@H](c1nc2ccc(F)c(Cl)c2c(=O)n1-c1cccnc1)C1CC1. The monoisotopic (exact) mass is 344 g/mol. The number of halogens is 2. The fourth-order valence-electron chi connectivity index (χ4n) is 2.85. The van der Waals surface area contributed by atoms with Crippen LogP contribution in [0.5, 0.6) is 0 Å². The average Bonchev–Trinajstić information content (AvgIpc) is 3.43. The van der Waals surface area contributed by atoms with Crippen LogP contribution in [0.4, 0.5) is 4.39 Å². The lowest BCUT2D eigenvalue weighted by atomic mass is 10.1. The number of benzene rings is 1. The summed E-state index contributed by atoms with van der Waals surface area (Å²) < 4.78 is 15.2. The van der Waals surface area contributed by atoms with E-state index < -0.39 is 11.4 Å². The molecule has 1 saturated carbocycles. The highest BCUT2D eigenvalue weighted by molar-refractivity contribution is 6.35. The van der Waals surface area contributed by atoms with Crippen molar-refractivity contribution in [2.45, 2.75) is 18.9 Å². The first-order valence-corrected chi connectivity index (χ1v) is 8.02. The molecule has 4 rings (SSSR count). The van der Waals surface area contributed by atoms with Crippen LogP contribution in [0.25, 0.3) is 16.6 Å². The highest BCUT2D eigenvalue weighted by atomic mass is 35.5. The molecule has 2 N–H and O–H groups in total. The van der Waals surface area contributed by atoms with Crippen molar-refractivity contribution < 1.29 is 4.39 Å². The van der Waals surface area contributed by atoms with E-state index >= 15 is 0 Å². The standard InChI is InChI=1S/C17H14ClFN4O/c18-14-11(19)5-6-12-13(14)17(24)23(10-2-1-7-21-8-10)16(22-12)15(20)9-3-4-9/h1-2,5-9,15H,3-4,20H2/t15-/m0/s1. The molecule has 1 aliphatic rings. The maximum atomic E-state index is 13.8. The third-order valence-electron chi connectivity index (χ3n) is 4.29. The van der Waals surface area contributed by atoms with Gasteiger partial charge in [0, 0.05) is 6.20 Å². The minimum absolute atomic E-state index is 0.0484. The van der Waals surface area contributed by atoms with Crippen molar-refractivity contribution in [3.05, 3.63) is 63.7 Å². The van der Waals surface area contributed by atoms with Gasteiger partial charge >= 0.3 is 0 Å². The summed E-state index contributed by atoms with van der Waals surface area (Å²) in [5, 5.41) is -0.179. The Morgan fingerprint density at radius 3 is 2.79 bits per heavy atom. The van der Waals surface area contributed by atoms with Gasteiger partial charge in [-0.2, -0.15) is 0 Å². The highest BCUT2D eigenvalue weighted by Gasteiger charge is 2.33. The first-order chi connectivity index (χ1) is 11.6. The minimum Gasteiger partial charge on any atom is -0.321 e. The van der Waals surface area contributed by atoms with E-state index in [4.69, 9.17) is 17.3 Å². The summed E-state index contributed by atoms with van der Waals surface area (Å²) in [5.74, 6) is 0.0962. The van der Waals surface area contributed by atoms with Crippen molar-refractivity contribution >= 4 is 22.5 Å². The van der Waals surface area contributed by atoms with Gasteiger partial charge in [0.1, 0.15) is 11.6 Å². The number of nitrogens with zero attached hydrogens (tertiary/aromatic N) is 3. The zero-order valence-electron chi connectivity index (χ0n) is 12.6. The third kappa shape index (κ3) is 2.39. The topological polar surface area (TPSA) is 73.8 Å². The van der Waals surface area contributed by atoms with Crippen LogP contribution in [0, 0.1) is 11.7 Å². The number of pyridine rings is 1. The van der Waals surface area contributed by atoms with Crippen LogP contribution in [0.3, 0.4) is 0 Å². The van der Waals surface area contributed by atoms with Crippen molar-refractivity contribution in [3.8, 4) is 5.69 Å². The van der Waals surface area contributed by atoms with E-state index in [1.807, 2.05) is 0 Å². The molecule has 1 atom stereocenters. The van der Waals surface area contributed by atoms with Crippen molar-refractivity contribution in [3.63, 3.8) is 0 Å². The van der Waals surface area contributed by atoms with E-state index in [0.29, 0.717) is 22.9 Å². The Labute approximate surface area is 141 Å². The maximum Gasteiger partial charge on any atom is 0.267 e. The number of hydrogen-bond acceptors (Lipinski definition) is 4. The molecule has 1 fully saturated rings. The molecule has 0 unspecified atom stereocenters. The van der Waals surface area contributed by atoms with Gasteiger partial charge in [0.2, 0.25) is 0 Å². The largest absolute Gasteiger partial charge is 0.321 e. The van der Waals surface area contributed by atoms with Gasteiger partial charge in [0.15, 0.2) is 0 Å². The van der Waals surface area contributed by atoms with Gasteiger partial charge in [-0.05, 0) is 43.0 Å². The molecule has 1 aliphatic carbocycles. The number of nitrogens with two attached hydrogens (primary N) is 1. The Balaban J connectivity index is 2.09. The first kappa shape index (κ1) is 15.2. The predicted octanol–water partition coefficient (Wildman–Crippen LogP) is 2.98. The molecular formula is C17H14ClFN4O. The molecule has 0 saturated heterocycles. The summed E-state index contributed by atoms with van der Waals surface area (Å²) in [6.07, 6.45) is 5.17. The zero-order chi connectivity index (χ0) is 16.8. The van der Waals surface area contributed by atoms with Crippen molar-refractivity contribution in [1.29, 1.82) is 0 Å². The lowest BCUT2D eigenvalue weighted by Crippen LogP contribution is -2.29. The normalized spacial score (nSPS) is 15.6. The Morgan fingerprint density at radius 2 is 2.12 bits per heavy atom. The van der Waals surface area contributed by atoms with E-state index in [1.54, 1.807) is 24.5 Å². The van der Waals surface area contributed by atoms with E-state index in [1.165, 1.54) is 16.7 Å². The molecule has 3 aromatic rings. The Hall–Kier alpha value is -2.31. The summed E-state index contributed by atoms with van der Waals surface area (Å²) >= 11 is 6.02. The summed E-state index contributed by atoms with van der Waals surface area (Å²) in [4.78, 5) is 21.6. The van der Waals surface area contributed by atoms with Gasteiger partial charge in [-0.15, -0.1) is 0 Å². The highest BCUT2D eigenvalue weighted by Crippen LogP contribution is 2.39. The maximum absolute atomic E-state index is 13.8.